The SMILES string of the molecule is COCc1nc(N)c(C)c(Cl)n1. The van der Waals surface area contributed by atoms with Crippen LogP contribution in [0.2, 0.25) is 5.15 Å². The molecule has 0 bridgehead atoms. The Morgan fingerprint density at radius 1 is 1.50 bits per heavy atom. The summed E-state index contributed by atoms with van der Waals surface area (Å²) >= 11 is 5.77. The largest absolute Gasteiger partial charge is 0.383 e. The molecule has 66 valence electrons. The minimum atomic E-state index is 0.324. The average Bonchev–Trinajstić information content (AvgIpc) is 2.01. The van der Waals surface area contributed by atoms with E-state index in [2.05, 4.69) is 9.97 Å². The molecule has 0 atom stereocenters. The molecule has 0 radical (unpaired) electrons. The molecule has 0 saturated carbocycles. The first kappa shape index (κ1) is 9.22. The van der Waals surface area contributed by atoms with E-state index in [4.69, 9.17) is 22.1 Å². The summed E-state index contributed by atoms with van der Waals surface area (Å²) in [6, 6.07) is 0. The summed E-state index contributed by atoms with van der Waals surface area (Å²) in [7, 11) is 1.56. The number of hydrogen-bond donors (Lipinski definition) is 1. The van der Waals surface area contributed by atoms with Crippen molar-refractivity contribution in [3.63, 3.8) is 0 Å². The molecule has 1 aromatic heterocycles. The summed E-state index contributed by atoms with van der Waals surface area (Å²) in [5.41, 5.74) is 6.27. The Morgan fingerprint density at radius 2 is 2.17 bits per heavy atom. The second kappa shape index (κ2) is 3.69. The van der Waals surface area contributed by atoms with Crippen LogP contribution >= 0.6 is 11.6 Å². The van der Waals surface area contributed by atoms with Gasteiger partial charge in [-0.15, -0.1) is 0 Å². The number of anilines is 1. The zero-order valence-corrected chi connectivity index (χ0v) is 7.72. The van der Waals surface area contributed by atoms with Gasteiger partial charge in [0.05, 0.1) is 0 Å². The van der Waals surface area contributed by atoms with Gasteiger partial charge in [-0.2, -0.15) is 0 Å². The molecular formula is C7H10ClN3O. The van der Waals surface area contributed by atoms with Crippen molar-refractivity contribution in [3.05, 3.63) is 16.5 Å². The summed E-state index contributed by atoms with van der Waals surface area (Å²) in [5, 5.41) is 0.384. The molecule has 0 aromatic carbocycles. The zero-order valence-electron chi connectivity index (χ0n) is 6.97. The van der Waals surface area contributed by atoms with Gasteiger partial charge in [0.15, 0.2) is 5.82 Å². The summed E-state index contributed by atoms with van der Waals surface area (Å²) in [4.78, 5) is 7.95. The Morgan fingerprint density at radius 3 is 2.67 bits per heavy atom. The Balaban J connectivity index is 3.04. The average molecular weight is 188 g/mol. The lowest BCUT2D eigenvalue weighted by atomic mass is 10.3. The number of halogens is 1. The molecule has 1 heterocycles. The maximum atomic E-state index is 5.77. The quantitative estimate of drug-likeness (QED) is 0.706. The highest BCUT2D eigenvalue weighted by molar-refractivity contribution is 6.30. The van der Waals surface area contributed by atoms with E-state index < -0.39 is 0 Å². The highest BCUT2D eigenvalue weighted by Crippen LogP contribution is 2.16. The number of ether oxygens (including phenoxy) is 1. The van der Waals surface area contributed by atoms with Gasteiger partial charge in [-0.1, -0.05) is 11.6 Å². The van der Waals surface area contributed by atoms with Crippen molar-refractivity contribution in [2.75, 3.05) is 12.8 Å². The predicted octanol–water partition coefficient (Wildman–Crippen LogP) is 1.17. The van der Waals surface area contributed by atoms with E-state index in [1.54, 1.807) is 14.0 Å². The van der Waals surface area contributed by atoms with E-state index in [0.717, 1.165) is 0 Å². The number of nitrogens with zero attached hydrogens (tertiary/aromatic N) is 2. The minimum absolute atomic E-state index is 0.324. The molecule has 0 amide bonds. The molecule has 1 rings (SSSR count). The maximum absolute atomic E-state index is 5.77. The van der Waals surface area contributed by atoms with Gasteiger partial charge in [0.1, 0.15) is 17.6 Å². The van der Waals surface area contributed by atoms with E-state index in [0.29, 0.717) is 29.0 Å². The molecule has 0 spiro atoms. The van der Waals surface area contributed by atoms with Crippen molar-refractivity contribution in [2.24, 2.45) is 0 Å². The van der Waals surface area contributed by atoms with E-state index in [1.807, 2.05) is 0 Å². The van der Waals surface area contributed by atoms with Crippen LogP contribution in [0.15, 0.2) is 0 Å². The number of methoxy groups -OCH3 is 1. The standard InChI is InChI=1S/C7H10ClN3O/c1-4-6(8)10-5(3-12-2)11-7(4)9/h3H2,1-2H3,(H2,9,10,11). The molecule has 1 aromatic rings. The Kier molecular flexibility index (Phi) is 2.83. The Bertz CT molecular complexity index is 267. The van der Waals surface area contributed by atoms with Gasteiger partial charge in [-0.25, -0.2) is 9.97 Å². The van der Waals surface area contributed by atoms with Gasteiger partial charge in [-0.05, 0) is 6.92 Å². The van der Waals surface area contributed by atoms with E-state index in [1.165, 1.54) is 0 Å². The lowest BCUT2D eigenvalue weighted by Gasteiger charge is -2.03. The van der Waals surface area contributed by atoms with Crippen LogP contribution in [0.5, 0.6) is 0 Å². The van der Waals surface area contributed by atoms with Crippen molar-refractivity contribution in [1.29, 1.82) is 0 Å². The smallest absolute Gasteiger partial charge is 0.158 e. The van der Waals surface area contributed by atoms with E-state index in [-0.39, 0.29) is 0 Å². The summed E-state index contributed by atoms with van der Waals surface area (Å²) in [6.07, 6.45) is 0. The summed E-state index contributed by atoms with van der Waals surface area (Å²) < 4.78 is 4.84. The van der Waals surface area contributed by atoms with Gasteiger partial charge >= 0.3 is 0 Å². The lowest BCUT2D eigenvalue weighted by Crippen LogP contribution is -2.03. The van der Waals surface area contributed by atoms with Gasteiger partial charge in [0.2, 0.25) is 0 Å². The van der Waals surface area contributed by atoms with Crippen molar-refractivity contribution < 1.29 is 4.74 Å². The molecule has 0 unspecified atom stereocenters. The Labute approximate surface area is 75.7 Å². The number of hydrogen-bond acceptors (Lipinski definition) is 4. The van der Waals surface area contributed by atoms with Crippen molar-refractivity contribution in [1.82, 2.24) is 9.97 Å². The molecule has 0 aliphatic rings. The minimum Gasteiger partial charge on any atom is -0.383 e. The Hall–Kier alpha value is -0.870. The molecule has 0 saturated heterocycles. The fourth-order valence-electron chi connectivity index (χ4n) is 0.744. The van der Waals surface area contributed by atoms with Gasteiger partial charge in [0, 0.05) is 12.7 Å². The van der Waals surface area contributed by atoms with Crippen LogP contribution in [-0.2, 0) is 11.3 Å². The van der Waals surface area contributed by atoms with Gasteiger partial charge in [-0.3, -0.25) is 0 Å². The first-order chi connectivity index (χ1) is 5.65. The van der Waals surface area contributed by atoms with E-state index >= 15 is 0 Å². The van der Waals surface area contributed by atoms with Crippen LogP contribution in [0.25, 0.3) is 0 Å². The molecule has 5 heteroatoms. The predicted molar refractivity (Wildman–Crippen MR) is 46.9 cm³/mol. The second-order valence-electron chi connectivity index (χ2n) is 2.37. The monoisotopic (exact) mass is 187 g/mol. The third kappa shape index (κ3) is 1.84. The van der Waals surface area contributed by atoms with Crippen LogP contribution < -0.4 is 5.73 Å². The topological polar surface area (TPSA) is 61.0 Å². The highest BCUT2D eigenvalue weighted by atomic mass is 35.5. The molecule has 0 fully saturated rings. The first-order valence-corrected chi connectivity index (χ1v) is 3.80. The third-order valence-corrected chi connectivity index (χ3v) is 1.81. The van der Waals surface area contributed by atoms with Crippen LogP contribution in [-0.4, -0.2) is 17.1 Å². The van der Waals surface area contributed by atoms with Crippen molar-refractivity contribution >= 4 is 17.4 Å². The van der Waals surface area contributed by atoms with Gasteiger partial charge in [0.25, 0.3) is 0 Å². The molecule has 12 heavy (non-hydrogen) atoms. The molecular weight excluding hydrogens is 178 g/mol. The van der Waals surface area contributed by atoms with Crippen molar-refractivity contribution in [2.45, 2.75) is 13.5 Å². The molecule has 4 nitrogen and oxygen atoms in total. The maximum Gasteiger partial charge on any atom is 0.158 e. The van der Waals surface area contributed by atoms with Crippen LogP contribution in [0.1, 0.15) is 11.4 Å². The summed E-state index contributed by atoms with van der Waals surface area (Å²) in [6.45, 7) is 2.10. The summed E-state index contributed by atoms with van der Waals surface area (Å²) in [5.74, 6) is 0.910. The first-order valence-electron chi connectivity index (χ1n) is 3.42. The number of rotatable bonds is 2. The van der Waals surface area contributed by atoms with Crippen molar-refractivity contribution in [3.8, 4) is 0 Å². The zero-order chi connectivity index (χ0) is 9.14. The number of nitrogens with two attached hydrogens (primary N) is 1. The number of aromatic nitrogens is 2. The van der Waals surface area contributed by atoms with Crippen LogP contribution in [0.3, 0.4) is 0 Å². The van der Waals surface area contributed by atoms with Crippen LogP contribution in [0.4, 0.5) is 5.82 Å². The second-order valence-corrected chi connectivity index (χ2v) is 2.73. The normalized spacial score (nSPS) is 10.2. The molecule has 0 aliphatic carbocycles. The molecule has 0 aliphatic heterocycles. The fourth-order valence-corrected chi connectivity index (χ4v) is 0.939. The van der Waals surface area contributed by atoms with E-state index in [9.17, 15) is 0 Å². The van der Waals surface area contributed by atoms with Crippen LogP contribution in [0, 0.1) is 6.92 Å². The fraction of sp³-hybridized carbons (Fsp3) is 0.429. The highest BCUT2D eigenvalue weighted by Gasteiger charge is 2.05. The number of nitrogen functional groups attached to an aromatic ring is 1. The lowest BCUT2D eigenvalue weighted by molar-refractivity contribution is 0.178. The molecule has 2 N–H and O–H groups in total. The third-order valence-electron chi connectivity index (χ3n) is 1.44. The van der Waals surface area contributed by atoms with Gasteiger partial charge < -0.3 is 10.5 Å².